The van der Waals surface area contributed by atoms with Gasteiger partial charge in [0.1, 0.15) is 0 Å². The second kappa shape index (κ2) is 8.60. The van der Waals surface area contributed by atoms with Gasteiger partial charge in [-0.05, 0) is 35.9 Å². The summed E-state index contributed by atoms with van der Waals surface area (Å²) in [5.41, 5.74) is 0.805. The molecule has 0 radical (unpaired) electrons. The number of anilines is 2. The highest BCUT2D eigenvalue weighted by Gasteiger charge is 2.24. The highest BCUT2D eigenvalue weighted by Crippen LogP contribution is 2.25. The van der Waals surface area contributed by atoms with Crippen molar-refractivity contribution in [1.82, 2.24) is 0 Å². The Balaban J connectivity index is 1.75. The van der Waals surface area contributed by atoms with Crippen LogP contribution in [0.4, 0.5) is 17.1 Å². The number of nitrogens with one attached hydrogen (secondary N) is 1. The van der Waals surface area contributed by atoms with Crippen LogP contribution in [0.1, 0.15) is 17.3 Å². The number of fused-ring (bicyclic) bond motifs is 1. The number of ether oxygens (including phenoxy) is 1. The number of hydrogen-bond donors (Lipinski definition) is 1. The minimum Gasteiger partial charge on any atom is -0.449 e. The molecule has 8 nitrogen and oxygen atoms in total. The predicted octanol–water partition coefficient (Wildman–Crippen LogP) is 4.00. The number of carbonyl (C=O) groups excluding carboxylic acids is 2. The first-order valence-corrected chi connectivity index (χ1v) is 9.22. The fourth-order valence-corrected chi connectivity index (χ4v) is 2.98. The van der Waals surface area contributed by atoms with Crippen LogP contribution in [0.25, 0.3) is 10.8 Å². The molecule has 0 fully saturated rings. The van der Waals surface area contributed by atoms with Crippen LogP contribution >= 0.6 is 0 Å². The lowest BCUT2D eigenvalue weighted by molar-refractivity contribution is -0.384. The van der Waals surface area contributed by atoms with Crippen LogP contribution in [0.5, 0.6) is 0 Å². The fraction of sp³-hybridized carbons (Fsp3) is 0.182. The number of nitrogens with zero attached hydrogens (tertiary/aromatic N) is 2. The summed E-state index contributed by atoms with van der Waals surface area (Å²) in [7, 11) is 3.40. The molecule has 1 atom stereocenters. The van der Waals surface area contributed by atoms with Gasteiger partial charge in [0.15, 0.2) is 6.10 Å². The SMILES string of the molecule is C[C@@H](OC(=O)c1cc([N+](=O)[O-])ccc1N(C)C)C(=O)Nc1ccc2ccccc2c1. The maximum Gasteiger partial charge on any atom is 0.341 e. The third-order valence-corrected chi connectivity index (χ3v) is 4.56. The maximum absolute atomic E-state index is 12.6. The average Bonchev–Trinajstić information content (AvgIpc) is 2.72. The van der Waals surface area contributed by atoms with Crippen molar-refractivity contribution in [3.05, 3.63) is 76.3 Å². The van der Waals surface area contributed by atoms with Crippen molar-refractivity contribution in [2.75, 3.05) is 24.3 Å². The van der Waals surface area contributed by atoms with Crippen LogP contribution in [0.3, 0.4) is 0 Å². The zero-order chi connectivity index (χ0) is 21.8. The molecule has 154 valence electrons. The van der Waals surface area contributed by atoms with Crippen LogP contribution in [0, 0.1) is 10.1 Å². The summed E-state index contributed by atoms with van der Waals surface area (Å²) in [6.07, 6.45) is -1.10. The molecule has 0 aliphatic rings. The van der Waals surface area contributed by atoms with Gasteiger partial charge in [-0.15, -0.1) is 0 Å². The number of amides is 1. The molecule has 0 saturated carbocycles. The van der Waals surface area contributed by atoms with E-state index in [4.69, 9.17) is 4.74 Å². The summed E-state index contributed by atoms with van der Waals surface area (Å²) in [5, 5.41) is 15.8. The van der Waals surface area contributed by atoms with E-state index in [0.717, 1.165) is 16.8 Å². The smallest absolute Gasteiger partial charge is 0.341 e. The van der Waals surface area contributed by atoms with Crippen LogP contribution in [-0.2, 0) is 9.53 Å². The summed E-state index contributed by atoms with van der Waals surface area (Å²) in [5.74, 6) is -1.32. The number of rotatable bonds is 6. The van der Waals surface area contributed by atoms with Gasteiger partial charge < -0.3 is 15.0 Å². The lowest BCUT2D eigenvalue weighted by Gasteiger charge is -2.18. The minimum absolute atomic E-state index is 0.0135. The van der Waals surface area contributed by atoms with E-state index in [1.54, 1.807) is 25.1 Å². The van der Waals surface area contributed by atoms with Gasteiger partial charge in [0.25, 0.3) is 11.6 Å². The second-order valence-electron chi connectivity index (χ2n) is 6.95. The van der Waals surface area contributed by atoms with Crippen molar-refractivity contribution < 1.29 is 19.2 Å². The molecular formula is C22H21N3O5. The molecule has 0 aromatic heterocycles. The highest BCUT2D eigenvalue weighted by molar-refractivity contribution is 6.01. The molecule has 0 saturated heterocycles. The van der Waals surface area contributed by atoms with Crippen molar-refractivity contribution in [3.8, 4) is 0 Å². The molecule has 3 rings (SSSR count). The number of benzene rings is 3. The molecule has 30 heavy (non-hydrogen) atoms. The van der Waals surface area contributed by atoms with Gasteiger partial charge >= 0.3 is 5.97 Å². The van der Waals surface area contributed by atoms with E-state index in [2.05, 4.69) is 5.32 Å². The quantitative estimate of drug-likeness (QED) is 0.376. The zero-order valence-electron chi connectivity index (χ0n) is 16.8. The van der Waals surface area contributed by atoms with Crippen molar-refractivity contribution in [3.63, 3.8) is 0 Å². The predicted molar refractivity (Wildman–Crippen MR) is 115 cm³/mol. The van der Waals surface area contributed by atoms with E-state index in [1.165, 1.54) is 19.1 Å². The molecule has 0 aliphatic heterocycles. The summed E-state index contributed by atoms with van der Waals surface area (Å²) >= 11 is 0. The molecule has 3 aromatic carbocycles. The van der Waals surface area contributed by atoms with Crippen LogP contribution in [-0.4, -0.2) is 37.0 Å². The highest BCUT2D eigenvalue weighted by atomic mass is 16.6. The molecule has 0 heterocycles. The number of esters is 1. The van der Waals surface area contributed by atoms with Gasteiger partial charge in [-0.1, -0.05) is 30.3 Å². The van der Waals surface area contributed by atoms with Gasteiger partial charge in [0.05, 0.1) is 16.2 Å². The first-order valence-electron chi connectivity index (χ1n) is 9.22. The van der Waals surface area contributed by atoms with Gasteiger partial charge in [-0.3, -0.25) is 14.9 Å². The lowest BCUT2D eigenvalue weighted by atomic mass is 10.1. The van der Waals surface area contributed by atoms with Crippen LogP contribution in [0.2, 0.25) is 0 Å². The Kier molecular flexibility index (Phi) is 5.96. The number of nitro groups is 1. The Bertz CT molecular complexity index is 1130. The summed E-state index contributed by atoms with van der Waals surface area (Å²) in [4.78, 5) is 37.2. The summed E-state index contributed by atoms with van der Waals surface area (Å²) in [6.45, 7) is 1.45. The Labute approximate surface area is 173 Å². The third kappa shape index (κ3) is 4.54. The van der Waals surface area contributed by atoms with E-state index in [9.17, 15) is 19.7 Å². The van der Waals surface area contributed by atoms with E-state index < -0.39 is 22.9 Å². The number of hydrogen-bond acceptors (Lipinski definition) is 6. The van der Waals surface area contributed by atoms with Gasteiger partial charge in [-0.25, -0.2) is 4.79 Å². The van der Waals surface area contributed by atoms with E-state index in [1.807, 2.05) is 36.4 Å². The first kappa shape index (κ1) is 20.8. The largest absolute Gasteiger partial charge is 0.449 e. The second-order valence-corrected chi connectivity index (χ2v) is 6.95. The third-order valence-electron chi connectivity index (χ3n) is 4.56. The number of carbonyl (C=O) groups is 2. The van der Waals surface area contributed by atoms with Gasteiger partial charge in [-0.2, -0.15) is 0 Å². The Hall–Kier alpha value is -3.94. The van der Waals surface area contributed by atoms with Gasteiger partial charge in [0.2, 0.25) is 0 Å². The van der Waals surface area contributed by atoms with E-state index >= 15 is 0 Å². The summed E-state index contributed by atoms with van der Waals surface area (Å²) in [6, 6.07) is 17.1. The molecule has 1 N–H and O–H groups in total. The van der Waals surface area contributed by atoms with E-state index in [-0.39, 0.29) is 11.3 Å². The Morgan fingerprint density at radius 3 is 2.40 bits per heavy atom. The standard InChI is InChI=1S/C22H21N3O5/c1-14(21(26)23-17-9-8-15-6-4-5-7-16(15)12-17)30-22(27)19-13-18(25(28)29)10-11-20(19)24(2)3/h4-14H,1-3H3,(H,23,26)/t14-/m1/s1. The monoisotopic (exact) mass is 407 g/mol. The Morgan fingerprint density at radius 2 is 1.73 bits per heavy atom. The van der Waals surface area contributed by atoms with Crippen molar-refractivity contribution in [2.45, 2.75) is 13.0 Å². The van der Waals surface area contributed by atoms with Crippen LogP contribution < -0.4 is 10.2 Å². The lowest BCUT2D eigenvalue weighted by Crippen LogP contribution is -2.30. The molecule has 0 spiro atoms. The minimum atomic E-state index is -1.10. The molecule has 0 bridgehead atoms. The number of non-ortho nitro benzene ring substituents is 1. The molecule has 1 amide bonds. The van der Waals surface area contributed by atoms with Crippen molar-refractivity contribution >= 4 is 39.7 Å². The topological polar surface area (TPSA) is 102 Å². The zero-order valence-corrected chi connectivity index (χ0v) is 16.8. The molecule has 0 unspecified atom stereocenters. The van der Waals surface area contributed by atoms with Crippen molar-refractivity contribution in [1.29, 1.82) is 0 Å². The van der Waals surface area contributed by atoms with E-state index in [0.29, 0.717) is 11.4 Å². The average molecular weight is 407 g/mol. The van der Waals surface area contributed by atoms with Crippen molar-refractivity contribution in [2.24, 2.45) is 0 Å². The molecule has 8 heteroatoms. The molecule has 3 aromatic rings. The normalized spacial score (nSPS) is 11.6. The Morgan fingerprint density at radius 1 is 1.03 bits per heavy atom. The maximum atomic E-state index is 12.6. The fourth-order valence-electron chi connectivity index (χ4n) is 2.98. The van der Waals surface area contributed by atoms with Crippen LogP contribution in [0.15, 0.2) is 60.7 Å². The first-order chi connectivity index (χ1) is 14.3. The molecule has 0 aliphatic carbocycles. The summed E-state index contributed by atoms with van der Waals surface area (Å²) < 4.78 is 5.28. The number of nitro benzene ring substituents is 1. The molecular weight excluding hydrogens is 386 g/mol. The van der Waals surface area contributed by atoms with Gasteiger partial charge in [0, 0.05) is 31.9 Å².